The van der Waals surface area contributed by atoms with E-state index in [9.17, 15) is 0 Å². The number of anilines is 2. The van der Waals surface area contributed by atoms with E-state index >= 15 is 0 Å². The number of thioether (sulfide) groups is 1. The standard InChI is InChI=1S/C16H24N2S/c1-2-9-18(10-3-1)16-6-4-15(5-7-16)17-12-14-8-11-19-13-14/h4-7,14,17H,1-3,8-13H2. The number of nitrogens with one attached hydrogen (secondary N) is 1. The fourth-order valence-corrected chi connectivity index (χ4v) is 4.23. The second-order valence-corrected chi connectivity index (χ2v) is 6.85. The molecule has 1 aromatic rings. The Morgan fingerprint density at radius 2 is 1.89 bits per heavy atom. The highest BCUT2D eigenvalue weighted by Gasteiger charge is 2.15. The average molecular weight is 276 g/mol. The lowest BCUT2D eigenvalue weighted by molar-refractivity contribution is 0.578. The first-order valence-electron chi connectivity index (χ1n) is 7.58. The van der Waals surface area contributed by atoms with Crippen LogP contribution in [0.15, 0.2) is 24.3 Å². The van der Waals surface area contributed by atoms with Gasteiger partial charge in [0, 0.05) is 31.0 Å². The molecule has 2 aliphatic rings. The first-order valence-corrected chi connectivity index (χ1v) is 8.74. The van der Waals surface area contributed by atoms with Crippen LogP contribution in [0.5, 0.6) is 0 Å². The van der Waals surface area contributed by atoms with Gasteiger partial charge in [-0.05, 0) is 67.4 Å². The smallest absolute Gasteiger partial charge is 0.0367 e. The summed E-state index contributed by atoms with van der Waals surface area (Å²) in [4.78, 5) is 2.51. The summed E-state index contributed by atoms with van der Waals surface area (Å²) in [5.74, 6) is 3.55. The highest BCUT2D eigenvalue weighted by Crippen LogP contribution is 2.25. The summed E-state index contributed by atoms with van der Waals surface area (Å²) in [7, 11) is 0. The van der Waals surface area contributed by atoms with Gasteiger partial charge in [-0.2, -0.15) is 11.8 Å². The van der Waals surface area contributed by atoms with Gasteiger partial charge in [0.1, 0.15) is 0 Å². The summed E-state index contributed by atoms with van der Waals surface area (Å²) in [5.41, 5.74) is 2.67. The molecule has 19 heavy (non-hydrogen) atoms. The number of nitrogens with zero attached hydrogens (tertiary/aromatic N) is 1. The molecule has 3 heteroatoms. The van der Waals surface area contributed by atoms with Crippen molar-refractivity contribution < 1.29 is 0 Å². The third kappa shape index (κ3) is 3.59. The maximum atomic E-state index is 3.58. The largest absolute Gasteiger partial charge is 0.385 e. The van der Waals surface area contributed by atoms with Gasteiger partial charge in [-0.3, -0.25) is 0 Å². The van der Waals surface area contributed by atoms with Gasteiger partial charge in [0.15, 0.2) is 0 Å². The molecule has 0 aliphatic carbocycles. The molecule has 0 bridgehead atoms. The van der Waals surface area contributed by atoms with Crippen molar-refractivity contribution in [2.45, 2.75) is 25.7 Å². The van der Waals surface area contributed by atoms with E-state index in [2.05, 4.69) is 46.2 Å². The summed E-state index contributed by atoms with van der Waals surface area (Å²) in [6, 6.07) is 9.03. The van der Waals surface area contributed by atoms with Crippen LogP contribution >= 0.6 is 11.8 Å². The highest BCUT2D eigenvalue weighted by atomic mass is 32.2. The van der Waals surface area contributed by atoms with E-state index in [-0.39, 0.29) is 0 Å². The Balaban J connectivity index is 1.52. The molecule has 0 spiro atoms. The molecule has 2 saturated heterocycles. The molecule has 0 aromatic heterocycles. The van der Waals surface area contributed by atoms with Crippen molar-refractivity contribution in [2.75, 3.05) is 41.4 Å². The molecular formula is C16H24N2S. The van der Waals surface area contributed by atoms with Crippen molar-refractivity contribution in [1.82, 2.24) is 0 Å². The Bertz CT molecular complexity index is 378. The Morgan fingerprint density at radius 1 is 1.11 bits per heavy atom. The van der Waals surface area contributed by atoms with Gasteiger partial charge in [0.25, 0.3) is 0 Å². The molecule has 2 nitrogen and oxygen atoms in total. The van der Waals surface area contributed by atoms with E-state index in [4.69, 9.17) is 0 Å². The van der Waals surface area contributed by atoms with Gasteiger partial charge in [-0.1, -0.05) is 0 Å². The minimum absolute atomic E-state index is 0.867. The number of piperidine rings is 1. The quantitative estimate of drug-likeness (QED) is 0.899. The van der Waals surface area contributed by atoms with Crippen molar-refractivity contribution in [3.63, 3.8) is 0 Å². The van der Waals surface area contributed by atoms with Crippen molar-refractivity contribution in [3.05, 3.63) is 24.3 Å². The van der Waals surface area contributed by atoms with Gasteiger partial charge < -0.3 is 10.2 Å². The lowest BCUT2D eigenvalue weighted by Gasteiger charge is -2.29. The fourth-order valence-electron chi connectivity index (χ4n) is 2.95. The Labute approximate surface area is 121 Å². The van der Waals surface area contributed by atoms with Gasteiger partial charge in [-0.15, -0.1) is 0 Å². The predicted molar refractivity (Wildman–Crippen MR) is 86.4 cm³/mol. The average Bonchev–Trinajstić information content (AvgIpc) is 3.00. The molecule has 1 N–H and O–H groups in total. The number of hydrogen-bond donors (Lipinski definition) is 1. The molecule has 1 unspecified atom stereocenters. The maximum Gasteiger partial charge on any atom is 0.0367 e. The number of hydrogen-bond acceptors (Lipinski definition) is 3. The van der Waals surface area contributed by atoms with Crippen LogP contribution in [0.1, 0.15) is 25.7 Å². The molecule has 2 fully saturated rings. The van der Waals surface area contributed by atoms with Gasteiger partial charge in [0.05, 0.1) is 0 Å². The van der Waals surface area contributed by atoms with Gasteiger partial charge >= 0.3 is 0 Å². The zero-order chi connectivity index (χ0) is 12.9. The lowest BCUT2D eigenvalue weighted by atomic mass is 10.1. The van der Waals surface area contributed by atoms with E-state index in [1.165, 1.54) is 61.7 Å². The normalized spacial score (nSPS) is 23.6. The van der Waals surface area contributed by atoms with Crippen LogP contribution in [0.2, 0.25) is 0 Å². The van der Waals surface area contributed by atoms with Crippen molar-refractivity contribution in [1.29, 1.82) is 0 Å². The van der Waals surface area contributed by atoms with Crippen molar-refractivity contribution in [2.24, 2.45) is 5.92 Å². The lowest BCUT2D eigenvalue weighted by Crippen LogP contribution is -2.29. The third-order valence-electron chi connectivity index (χ3n) is 4.21. The minimum Gasteiger partial charge on any atom is -0.385 e. The molecular weight excluding hydrogens is 252 g/mol. The molecule has 2 heterocycles. The summed E-state index contributed by atoms with van der Waals surface area (Å²) in [6.45, 7) is 3.59. The van der Waals surface area contributed by atoms with Crippen molar-refractivity contribution in [3.8, 4) is 0 Å². The zero-order valence-electron chi connectivity index (χ0n) is 11.6. The molecule has 0 saturated carbocycles. The molecule has 1 atom stereocenters. The number of benzene rings is 1. The third-order valence-corrected chi connectivity index (χ3v) is 5.44. The van der Waals surface area contributed by atoms with Crippen LogP contribution in [0, 0.1) is 5.92 Å². The van der Waals surface area contributed by atoms with E-state index in [1.807, 2.05) is 0 Å². The molecule has 104 valence electrons. The van der Waals surface area contributed by atoms with Crippen LogP contribution < -0.4 is 10.2 Å². The van der Waals surface area contributed by atoms with Gasteiger partial charge in [-0.25, -0.2) is 0 Å². The van der Waals surface area contributed by atoms with E-state index in [0.29, 0.717) is 0 Å². The Kier molecular flexibility index (Phi) is 4.54. The summed E-state index contributed by atoms with van der Waals surface area (Å²) >= 11 is 2.09. The summed E-state index contributed by atoms with van der Waals surface area (Å²) in [6.07, 6.45) is 5.47. The topological polar surface area (TPSA) is 15.3 Å². The Hall–Kier alpha value is -0.830. The molecule has 0 radical (unpaired) electrons. The first-order chi connectivity index (χ1) is 9.42. The monoisotopic (exact) mass is 276 g/mol. The minimum atomic E-state index is 0.867. The van der Waals surface area contributed by atoms with E-state index in [0.717, 1.165) is 12.5 Å². The summed E-state index contributed by atoms with van der Waals surface area (Å²) in [5, 5.41) is 3.58. The predicted octanol–water partition coefficient (Wildman–Crippen LogP) is 3.84. The molecule has 1 aromatic carbocycles. The van der Waals surface area contributed by atoms with E-state index in [1.54, 1.807) is 0 Å². The molecule has 0 amide bonds. The SMILES string of the molecule is c1cc(N2CCCCC2)ccc1NCC1CCSC1. The van der Waals surface area contributed by atoms with E-state index < -0.39 is 0 Å². The first kappa shape index (κ1) is 13.2. The maximum absolute atomic E-state index is 3.58. The second-order valence-electron chi connectivity index (χ2n) is 5.71. The molecule has 2 aliphatic heterocycles. The number of rotatable bonds is 4. The Morgan fingerprint density at radius 3 is 2.58 bits per heavy atom. The molecule has 3 rings (SSSR count). The summed E-state index contributed by atoms with van der Waals surface area (Å²) < 4.78 is 0. The van der Waals surface area contributed by atoms with Crippen LogP contribution in [-0.2, 0) is 0 Å². The van der Waals surface area contributed by atoms with Crippen LogP contribution in [-0.4, -0.2) is 31.1 Å². The van der Waals surface area contributed by atoms with Crippen LogP contribution in [0.25, 0.3) is 0 Å². The van der Waals surface area contributed by atoms with Crippen LogP contribution in [0.3, 0.4) is 0 Å². The highest BCUT2D eigenvalue weighted by molar-refractivity contribution is 7.99. The van der Waals surface area contributed by atoms with Crippen molar-refractivity contribution >= 4 is 23.1 Å². The van der Waals surface area contributed by atoms with Gasteiger partial charge in [0.2, 0.25) is 0 Å². The zero-order valence-corrected chi connectivity index (χ0v) is 12.4. The van der Waals surface area contributed by atoms with Crippen LogP contribution in [0.4, 0.5) is 11.4 Å². The second kappa shape index (κ2) is 6.56. The fraction of sp³-hybridized carbons (Fsp3) is 0.625.